The van der Waals surface area contributed by atoms with Gasteiger partial charge < -0.3 is 19.4 Å². The normalized spacial score (nSPS) is 10.7. The highest BCUT2D eigenvalue weighted by atomic mass is 16.5. The number of rotatable bonds is 6. The first-order chi connectivity index (χ1) is 12.1. The van der Waals surface area contributed by atoms with Gasteiger partial charge in [-0.3, -0.25) is 4.79 Å². The zero-order valence-electron chi connectivity index (χ0n) is 14.7. The van der Waals surface area contributed by atoms with Crippen LogP contribution in [0, 0.1) is 0 Å². The van der Waals surface area contributed by atoms with Gasteiger partial charge in [0.25, 0.3) is 5.91 Å². The molecule has 1 amide bonds. The van der Waals surface area contributed by atoms with Gasteiger partial charge in [0, 0.05) is 30.6 Å². The van der Waals surface area contributed by atoms with Gasteiger partial charge in [0.05, 0.1) is 13.7 Å². The van der Waals surface area contributed by atoms with Crippen LogP contribution in [0.25, 0.3) is 10.9 Å². The molecule has 1 N–H and O–H groups in total. The van der Waals surface area contributed by atoms with Crippen LogP contribution in [0.3, 0.4) is 0 Å². The molecule has 0 spiro atoms. The van der Waals surface area contributed by atoms with E-state index >= 15 is 0 Å². The summed E-state index contributed by atoms with van der Waals surface area (Å²) < 4.78 is 10.7. The van der Waals surface area contributed by atoms with Crippen LogP contribution < -0.4 is 9.47 Å². The lowest BCUT2D eigenvalue weighted by Gasteiger charge is -2.16. The number of methoxy groups -OCH3 is 1. The Morgan fingerprint density at radius 1 is 1.08 bits per heavy atom. The van der Waals surface area contributed by atoms with Gasteiger partial charge in [-0.25, -0.2) is 0 Å². The average molecular weight is 338 g/mol. The summed E-state index contributed by atoms with van der Waals surface area (Å²) in [5.41, 5.74) is 2.51. The number of hydrogen-bond acceptors (Lipinski definition) is 3. The number of fused-ring (bicyclic) bond motifs is 1. The van der Waals surface area contributed by atoms with Crippen molar-refractivity contribution < 1.29 is 14.3 Å². The molecule has 0 fully saturated rings. The number of hydrogen-bond donors (Lipinski definition) is 1. The Morgan fingerprint density at radius 2 is 1.80 bits per heavy atom. The topological polar surface area (TPSA) is 54.6 Å². The van der Waals surface area contributed by atoms with Gasteiger partial charge in [-0.1, -0.05) is 12.1 Å². The van der Waals surface area contributed by atoms with E-state index in [0.717, 1.165) is 28.0 Å². The molecule has 130 valence electrons. The summed E-state index contributed by atoms with van der Waals surface area (Å²) in [5, 5.41) is 0.985. The van der Waals surface area contributed by atoms with E-state index < -0.39 is 0 Å². The van der Waals surface area contributed by atoms with Crippen LogP contribution in [-0.2, 0) is 6.54 Å². The van der Waals surface area contributed by atoms with E-state index in [4.69, 9.17) is 9.47 Å². The average Bonchev–Trinajstić information content (AvgIpc) is 3.05. The Kier molecular flexibility index (Phi) is 4.93. The Labute approximate surface area is 147 Å². The highest BCUT2D eigenvalue weighted by molar-refractivity contribution is 5.98. The number of aromatic nitrogens is 1. The minimum Gasteiger partial charge on any atom is -0.497 e. The first-order valence-corrected chi connectivity index (χ1v) is 8.24. The predicted octanol–water partition coefficient (Wildman–Crippen LogP) is 3.85. The van der Waals surface area contributed by atoms with Crippen LogP contribution in [0.2, 0.25) is 0 Å². The predicted molar refractivity (Wildman–Crippen MR) is 98.3 cm³/mol. The van der Waals surface area contributed by atoms with E-state index in [1.165, 1.54) is 0 Å². The van der Waals surface area contributed by atoms with Crippen LogP contribution in [0.5, 0.6) is 11.5 Å². The van der Waals surface area contributed by atoms with Gasteiger partial charge in [0.1, 0.15) is 17.2 Å². The van der Waals surface area contributed by atoms with Crippen molar-refractivity contribution >= 4 is 16.8 Å². The largest absolute Gasteiger partial charge is 0.497 e. The number of benzene rings is 2. The molecule has 2 aromatic carbocycles. The highest BCUT2D eigenvalue weighted by Gasteiger charge is 2.15. The fourth-order valence-corrected chi connectivity index (χ4v) is 2.76. The monoisotopic (exact) mass is 338 g/mol. The first-order valence-electron chi connectivity index (χ1n) is 8.24. The van der Waals surface area contributed by atoms with E-state index in [1.807, 2.05) is 55.5 Å². The minimum atomic E-state index is -0.0518. The maximum absolute atomic E-state index is 12.7. The number of carbonyl (C=O) groups is 1. The molecule has 0 radical (unpaired) electrons. The van der Waals surface area contributed by atoms with Crippen molar-refractivity contribution in [1.82, 2.24) is 9.88 Å². The molecule has 0 unspecified atom stereocenters. The third-order valence-corrected chi connectivity index (χ3v) is 4.06. The second kappa shape index (κ2) is 7.30. The number of H-pyrrole nitrogens is 1. The van der Waals surface area contributed by atoms with Crippen molar-refractivity contribution in [3.63, 3.8) is 0 Å². The Hall–Kier alpha value is -2.95. The molecule has 1 heterocycles. The van der Waals surface area contributed by atoms with Crippen molar-refractivity contribution in [2.75, 3.05) is 20.8 Å². The molecular weight excluding hydrogens is 316 g/mol. The molecule has 0 saturated carbocycles. The lowest BCUT2D eigenvalue weighted by Crippen LogP contribution is -2.26. The minimum absolute atomic E-state index is 0.0518. The summed E-state index contributed by atoms with van der Waals surface area (Å²) in [5.74, 6) is 1.55. The van der Waals surface area contributed by atoms with E-state index in [2.05, 4.69) is 4.98 Å². The number of nitrogens with zero attached hydrogens (tertiary/aromatic N) is 1. The molecule has 0 aliphatic carbocycles. The molecule has 0 aliphatic rings. The molecule has 0 bridgehead atoms. The number of amides is 1. The van der Waals surface area contributed by atoms with E-state index in [0.29, 0.717) is 18.8 Å². The third kappa shape index (κ3) is 3.76. The molecule has 0 saturated heterocycles. The molecule has 3 aromatic rings. The van der Waals surface area contributed by atoms with Crippen molar-refractivity contribution in [2.45, 2.75) is 13.5 Å². The highest BCUT2D eigenvalue weighted by Crippen LogP contribution is 2.22. The van der Waals surface area contributed by atoms with Crippen LogP contribution in [0.15, 0.2) is 48.5 Å². The molecule has 5 heteroatoms. The third-order valence-electron chi connectivity index (χ3n) is 4.06. The number of aromatic amines is 1. The molecule has 3 rings (SSSR count). The molecule has 5 nitrogen and oxygen atoms in total. The maximum atomic E-state index is 12.7. The lowest BCUT2D eigenvalue weighted by atomic mass is 10.2. The first kappa shape index (κ1) is 16.9. The summed E-state index contributed by atoms with van der Waals surface area (Å²) in [7, 11) is 3.42. The fourth-order valence-electron chi connectivity index (χ4n) is 2.76. The van der Waals surface area contributed by atoms with E-state index in [1.54, 1.807) is 19.1 Å². The summed E-state index contributed by atoms with van der Waals surface area (Å²) in [6.07, 6.45) is 0. The number of nitrogens with one attached hydrogen (secondary N) is 1. The second-order valence-corrected chi connectivity index (χ2v) is 5.87. The molecule has 1 aromatic heterocycles. The number of ether oxygens (including phenoxy) is 2. The van der Waals surface area contributed by atoms with Gasteiger partial charge in [0.15, 0.2) is 0 Å². The summed E-state index contributed by atoms with van der Waals surface area (Å²) in [6.45, 7) is 3.13. The SMILES string of the molecule is CCOc1ccc(CN(C)C(=O)c2cc3ccc(OC)cc3[nH]2)cc1. The summed E-state index contributed by atoms with van der Waals surface area (Å²) >= 11 is 0. The van der Waals surface area contributed by atoms with Gasteiger partial charge in [-0.15, -0.1) is 0 Å². The summed E-state index contributed by atoms with van der Waals surface area (Å²) in [4.78, 5) is 17.5. The fraction of sp³-hybridized carbons (Fsp3) is 0.250. The molecule has 0 atom stereocenters. The van der Waals surface area contributed by atoms with Gasteiger partial charge >= 0.3 is 0 Å². The maximum Gasteiger partial charge on any atom is 0.270 e. The van der Waals surface area contributed by atoms with Crippen LogP contribution in [-0.4, -0.2) is 36.6 Å². The standard InChI is InChI=1S/C20H22N2O3/c1-4-25-16-8-5-14(6-9-16)13-22(2)20(23)19-11-15-7-10-17(24-3)12-18(15)21-19/h5-12,21H,4,13H2,1-3H3. The van der Waals surface area contributed by atoms with Gasteiger partial charge in [-0.2, -0.15) is 0 Å². The van der Waals surface area contributed by atoms with Crippen molar-refractivity contribution in [2.24, 2.45) is 0 Å². The molecular formula is C20H22N2O3. The number of carbonyl (C=O) groups excluding carboxylic acids is 1. The van der Waals surface area contributed by atoms with Crippen LogP contribution in [0.4, 0.5) is 0 Å². The van der Waals surface area contributed by atoms with Crippen molar-refractivity contribution in [1.29, 1.82) is 0 Å². The summed E-state index contributed by atoms with van der Waals surface area (Å²) in [6, 6.07) is 15.4. The van der Waals surface area contributed by atoms with Crippen LogP contribution >= 0.6 is 0 Å². The smallest absolute Gasteiger partial charge is 0.270 e. The molecule has 0 aliphatic heterocycles. The Bertz CT molecular complexity index is 868. The van der Waals surface area contributed by atoms with Gasteiger partial charge in [-0.05, 0) is 42.8 Å². The zero-order chi connectivity index (χ0) is 17.8. The zero-order valence-corrected chi connectivity index (χ0v) is 14.7. The van der Waals surface area contributed by atoms with Crippen molar-refractivity contribution in [3.05, 3.63) is 59.8 Å². The molecule has 25 heavy (non-hydrogen) atoms. The van der Waals surface area contributed by atoms with Crippen molar-refractivity contribution in [3.8, 4) is 11.5 Å². The second-order valence-electron chi connectivity index (χ2n) is 5.87. The quantitative estimate of drug-likeness (QED) is 0.743. The van der Waals surface area contributed by atoms with Crippen LogP contribution in [0.1, 0.15) is 23.0 Å². The Morgan fingerprint density at radius 3 is 2.48 bits per heavy atom. The van der Waals surface area contributed by atoms with E-state index in [9.17, 15) is 4.79 Å². The van der Waals surface area contributed by atoms with Gasteiger partial charge in [0.2, 0.25) is 0 Å². The lowest BCUT2D eigenvalue weighted by molar-refractivity contribution is 0.0780. The Balaban J connectivity index is 1.73. The van der Waals surface area contributed by atoms with E-state index in [-0.39, 0.29) is 5.91 Å².